The number of anilines is 2. The minimum absolute atomic E-state index is 0.188. The number of ether oxygens (including phenoxy) is 1. The van der Waals surface area contributed by atoms with E-state index in [-0.39, 0.29) is 11.6 Å². The molecule has 0 unspecified atom stereocenters. The molecule has 1 rings (SSSR count). The highest BCUT2D eigenvalue weighted by atomic mass is 16.5. The van der Waals surface area contributed by atoms with Crippen molar-refractivity contribution in [1.29, 1.82) is 0 Å². The molecule has 9 heteroatoms. The minimum atomic E-state index is -0.796. The molecule has 0 bridgehead atoms. The second-order valence-electron chi connectivity index (χ2n) is 4.99. The van der Waals surface area contributed by atoms with Crippen LogP contribution in [0, 0.1) is 0 Å². The topological polar surface area (TPSA) is 99.7 Å². The molecule has 0 aliphatic carbocycles. The second kappa shape index (κ2) is 8.13. The van der Waals surface area contributed by atoms with Crippen LogP contribution in [0.3, 0.4) is 0 Å². The maximum atomic E-state index is 12.0. The Morgan fingerprint density at radius 1 is 1.18 bits per heavy atom. The monoisotopic (exact) mass is 310 g/mol. The molecule has 0 saturated carbocycles. The number of hydrogen-bond donors (Lipinski definition) is 2. The van der Waals surface area contributed by atoms with Gasteiger partial charge in [0.05, 0.1) is 7.11 Å². The van der Waals surface area contributed by atoms with Crippen molar-refractivity contribution >= 4 is 23.3 Å². The molecule has 0 aromatic carbocycles. The molecule has 0 aliphatic rings. The maximum Gasteiger partial charge on any atom is 0.313 e. The van der Waals surface area contributed by atoms with E-state index in [1.807, 2.05) is 19.0 Å². The third kappa shape index (κ3) is 4.85. The van der Waals surface area contributed by atoms with Gasteiger partial charge in [-0.1, -0.05) is 0 Å². The van der Waals surface area contributed by atoms with Crippen LogP contribution >= 0.6 is 0 Å². The minimum Gasteiger partial charge on any atom is -0.479 e. The Morgan fingerprint density at radius 2 is 1.86 bits per heavy atom. The number of carbonyl (C=O) groups is 2. The lowest BCUT2D eigenvalue weighted by Crippen LogP contribution is -2.39. The van der Waals surface area contributed by atoms with Gasteiger partial charge in [0.15, 0.2) is 5.82 Å². The van der Waals surface area contributed by atoms with Crippen molar-refractivity contribution in [3.05, 3.63) is 6.33 Å². The van der Waals surface area contributed by atoms with E-state index in [9.17, 15) is 9.59 Å². The molecule has 1 heterocycles. The summed E-state index contributed by atoms with van der Waals surface area (Å²) in [5, 5.41) is 5.03. The van der Waals surface area contributed by atoms with Gasteiger partial charge >= 0.3 is 11.8 Å². The van der Waals surface area contributed by atoms with Crippen LogP contribution in [0.5, 0.6) is 5.88 Å². The maximum absolute atomic E-state index is 12.0. The first-order chi connectivity index (χ1) is 10.4. The van der Waals surface area contributed by atoms with E-state index in [1.165, 1.54) is 13.4 Å². The van der Waals surface area contributed by atoms with Crippen LogP contribution in [0.25, 0.3) is 0 Å². The fourth-order valence-corrected chi connectivity index (χ4v) is 1.61. The lowest BCUT2D eigenvalue weighted by atomic mass is 10.4. The van der Waals surface area contributed by atoms with Gasteiger partial charge in [0.2, 0.25) is 5.88 Å². The number of amides is 2. The average Bonchev–Trinajstić information content (AvgIpc) is 2.46. The molecule has 0 aliphatic heterocycles. The zero-order valence-corrected chi connectivity index (χ0v) is 13.5. The summed E-state index contributed by atoms with van der Waals surface area (Å²) < 4.78 is 5.10. The van der Waals surface area contributed by atoms with E-state index in [0.717, 1.165) is 0 Å². The van der Waals surface area contributed by atoms with Gasteiger partial charge in [-0.05, 0) is 14.1 Å². The number of methoxy groups -OCH3 is 1. The Hall–Kier alpha value is -2.42. The summed E-state index contributed by atoms with van der Waals surface area (Å²) in [6.45, 7) is 1.02. The Bertz CT molecular complexity index is 533. The largest absolute Gasteiger partial charge is 0.479 e. The number of nitrogens with zero attached hydrogens (tertiary/aromatic N) is 4. The molecule has 22 heavy (non-hydrogen) atoms. The molecule has 2 amide bonds. The summed E-state index contributed by atoms with van der Waals surface area (Å²) in [5.74, 6) is -0.887. The predicted octanol–water partition coefficient (Wildman–Crippen LogP) is -0.832. The van der Waals surface area contributed by atoms with Crippen molar-refractivity contribution in [2.45, 2.75) is 0 Å². The van der Waals surface area contributed by atoms with Crippen LogP contribution in [0.15, 0.2) is 6.33 Å². The first-order valence-electron chi connectivity index (χ1n) is 6.67. The molecule has 2 N–H and O–H groups in total. The molecule has 1 aromatic heterocycles. The number of aromatic nitrogens is 2. The van der Waals surface area contributed by atoms with Gasteiger partial charge in [0.25, 0.3) is 0 Å². The predicted molar refractivity (Wildman–Crippen MR) is 83.1 cm³/mol. The number of rotatable bonds is 6. The molecule has 0 radical (unpaired) electrons. The molecule has 122 valence electrons. The standard InChI is InChI=1S/C13H22N6O3/c1-18(2)7-6-14-11(20)12(21)17-9-10(19(3)4)15-8-16-13(9)22-5/h8H,6-7H2,1-5H3,(H,14,20)(H,17,21). The van der Waals surface area contributed by atoms with Gasteiger partial charge in [0.1, 0.15) is 12.0 Å². The van der Waals surface area contributed by atoms with Crippen molar-refractivity contribution in [3.63, 3.8) is 0 Å². The molecule has 0 spiro atoms. The van der Waals surface area contributed by atoms with E-state index in [1.54, 1.807) is 19.0 Å². The smallest absolute Gasteiger partial charge is 0.313 e. The summed E-state index contributed by atoms with van der Waals surface area (Å²) in [4.78, 5) is 35.3. The zero-order chi connectivity index (χ0) is 16.7. The molecule has 0 fully saturated rings. The Morgan fingerprint density at radius 3 is 2.41 bits per heavy atom. The van der Waals surface area contributed by atoms with Crippen LogP contribution in [0.1, 0.15) is 0 Å². The van der Waals surface area contributed by atoms with E-state index < -0.39 is 11.8 Å². The summed E-state index contributed by atoms with van der Waals surface area (Å²) >= 11 is 0. The third-order valence-corrected chi connectivity index (χ3v) is 2.70. The van der Waals surface area contributed by atoms with Gasteiger partial charge in [-0.3, -0.25) is 9.59 Å². The van der Waals surface area contributed by atoms with Crippen molar-refractivity contribution in [3.8, 4) is 5.88 Å². The quantitative estimate of drug-likeness (QED) is 0.661. The second-order valence-corrected chi connectivity index (χ2v) is 4.99. The summed E-state index contributed by atoms with van der Waals surface area (Å²) in [7, 11) is 8.70. The van der Waals surface area contributed by atoms with Crippen molar-refractivity contribution in [1.82, 2.24) is 20.2 Å². The molecule has 0 atom stereocenters. The fraction of sp³-hybridized carbons (Fsp3) is 0.538. The Labute approximate surface area is 129 Å². The first-order valence-corrected chi connectivity index (χ1v) is 6.67. The van der Waals surface area contributed by atoms with Crippen LogP contribution in [-0.2, 0) is 9.59 Å². The van der Waals surface area contributed by atoms with E-state index in [2.05, 4.69) is 20.6 Å². The van der Waals surface area contributed by atoms with Gasteiger partial charge in [-0.2, -0.15) is 4.98 Å². The van der Waals surface area contributed by atoms with E-state index in [0.29, 0.717) is 18.9 Å². The Balaban J connectivity index is 2.81. The summed E-state index contributed by atoms with van der Waals surface area (Å²) in [5.41, 5.74) is 0.253. The summed E-state index contributed by atoms with van der Waals surface area (Å²) in [6.07, 6.45) is 1.32. The van der Waals surface area contributed by atoms with E-state index >= 15 is 0 Å². The number of carbonyl (C=O) groups excluding carboxylic acids is 2. The Kier molecular flexibility index (Phi) is 6.51. The molecule has 9 nitrogen and oxygen atoms in total. The van der Waals surface area contributed by atoms with Crippen molar-refractivity contribution in [2.24, 2.45) is 0 Å². The average molecular weight is 310 g/mol. The van der Waals surface area contributed by atoms with Crippen molar-refractivity contribution < 1.29 is 14.3 Å². The SMILES string of the molecule is COc1ncnc(N(C)C)c1NC(=O)C(=O)NCCN(C)C. The first kappa shape index (κ1) is 17.6. The lowest BCUT2D eigenvalue weighted by molar-refractivity contribution is -0.136. The molecule has 1 aromatic rings. The number of nitrogens with one attached hydrogen (secondary N) is 2. The van der Waals surface area contributed by atoms with Crippen LogP contribution < -0.4 is 20.3 Å². The summed E-state index contributed by atoms with van der Waals surface area (Å²) in [6, 6.07) is 0. The van der Waals surface area contributed by atoms with Crippen LogP contribution in [-0.4, -0.2) is 75.1 Å². The van der Waals surface area contributed by atoms with Crippen molar-refractivity contribution in [2.75, 3.05) is 58.6 Å². The highest BCUT2D eigenvalue weighted by Gasteiger charge is 2.20. The molecule has 0 saturated heterocycles. The molecular weight excluding hydrogens is 288 g/mol. The van der Waals surface area contributed by atoms with Crippen LogP contribution in [0.2, 0.25) is 0 Å². The van der Waals surface area contributed by atoms with Gasteiger partial charge in [0, 0.05) is 27.2 Å². The van der Waals surface area contributed by atoms with E-state index in [4.69, 9.17) is 4.74 Å². The lowest BCUT2D eigenvalue weighted by Gasteiger charge is -2.17. The highest BCUT2D eigenvalue weighted by molar-refractivity contribution is 6.40. The van der Waals surface area contributed by atoms with Crippen LogP contribution in [0.4, 0.5) is 11.5 Å². The third-order valence-electron chi connectivity index (χ3n) is 2.70. The number of likely N-dealkylation sites (N-methyl/N-ethyl adjacent to an activating group) is 1. The van der Waals surface area contributed by atoms with Gasteiger partial charge < -0.3 is 25.2 Å². The number of hydrogen-bond acceptors (Lipinski definition) is 7. The van der Waals surface area contributed by atoms with Gasteiger partial charge in [-0.15, -0.1) is 0 Å². The normalized spacial score (nSPS) is 10.3. The highest BCUT2D eigenvalue weighted by Crippen LogP contribution is 2.29. The zero-order valence-electron chi connectivity index (χ0n) is 13.5. The van der Waals surface area contributed by atoms with Gasteiger partial charge in [-0.25, -0.2) is 4.98 Å². The molecular formula is C13H22N6O3. The fourth-order valence-electron chi connectivity index (χ4n) is 1.61.